The third kappa shape index (κ3) is 6.38. The van der Waals surface area contributed by atoms with E-state index in [1.807, 2.05) is 0 Å². The molecule has 14 heteroatoms. The van der Waals surface area contributed by atoms with Crippen molar-refractivity contribution in [3.63, 3.8) is 0 Å². The summed E-state index contributed by atoms with van der Waals surface area (Å²) in [6.45, 7) is 2.44. The fraction of sp³-hybridized carbons (Fsp3) is 0.214. The van der Waals surface area contributed by atoms with Crippen molar-refractivity contribution in [3.8, 4) is 27.8 Å². The first kappa shape index (κ1) is 31.3. The second-order valence-corrected chi connectivity index (χ2v) is 12.3. The second-order valence-electron chi connectivity index (χ2n) is 9.34. The van der Waals surface area contributed by atoms with Crippen LogP contribution in [0.15, 0.2) is 63.6 Å². The lowest BCUT2D eigenvalue weighted by Gasteiger charge is -2.17. The maximum Gasteiger partial charge on any atom is 0.417 e. The molecule has 0 saturated carbocycles. The molecule has 1 atom stereocenters. The van der Waals surface area contributed by atoms with Crippen LogP contribution < -0.4 is 5.56 Å². The van der Waals surface area contributed by atoms with Gasteiger partial charge < -0.3 is 9.12 Å². The van der Waals surface area contributed by atoms with Crippen LogP contribution in [0.5, 0.6) is 0 Å². The third-order valence-corrected chi connectivity index (χ3v) is 8.65. The number of nitrogens with zero attached hydrogens (tertiary/aromatic N) is 2. The van der Waals surface area contributed by atoms with Crippen LogP contribution in [0.4, 0.5) is 35.1 Å². The number of rotatable bonds is 6. The first-order chi connectivity index (χ1) is 19.5. The molecule has 0 spiro atoms. The van der Waals surface area contributed by atoms with Crippen molar-refractivity contribution in [2.45, 2.75) is 42.9 Å². The lowest BCUT2D eigenvalue weighted by atomic mass is 10.0. The summed E-state index contributed by atoms with van der Waals surface area (Å²) < 4.78 is 124. The van der Waals surface area contributed by atoms with Gasteiger partial charge in [0.25, 0.3) is 5.56 Å². The SMILES string of the molecule is CC(C)[S+]([O-])c1cc(-c2csc(-c3cc(C(F)(F)F)c(C#N)c(=O)n3Cc3ccc(F)cc3F)c2)cc(C(F)(F)F)c1. The summed E-state index contributed by atoms with van der Waals surface area (Å²) in [5.41, 5.74) is -5.85. The van der Waals surface area contributed by atoms with E-state index in [1.54, 1.807) is 13.8 Å². The predicted octanol–water partition coefficient (Wildman–Crippen LogP) is 8.00. The standard InChI is InChI=1S/C28H18F8N2O2S2/c1-14(2)42(40)20-6-16(5-18(8-20)27(31,32)33)17-7-25(41-13-17)24-10-22(28(34,35)36)21(11-37)26(39)38(24)12-15-3-4-19(29)9-23(15)30/h3-10,13-14H,12H2,1-2H3. The summed E-state index contributed by atoms with van der Waals surface area (Å²) in [4.78, 5) is 13.0. The molecule has 0 fully saturated rings. The molecule has 42 heavy (non-hydrogen) atoms. The number of thiophene rings is 1. The maximum atomic E-state index is 14.5. The minimum atomic E-state index is -5.13. The van der Waals surface area contributed by atoms with Crippen molar-refractivity contribution in [3.05, 3.63) is 98.2 Å². The van der Waals surface area contributed by atoms with E-state index in [4.69, 9.17) is 0 Å². The van der Waals surface area contributed by atoms with Gasteiger partial charge in [0.15, 0.2) is 4.90 Å². The van der Waals surface area contributed by atoms with Gasteiger partial charge in [-0.1, -0.05) is 6.07 Å². The minimum absolute atomic E-state index is 0.0245. The van der Waals surface area contributed by atoms with Gasteiger partial charge in [0.05, 0.1) is 28.2 Å². The first-order valence-corrected chi connectivity index (χ1v) is 14.0. The van der Waals surface area contributed by atoms with E-state index in [-0.39, 0.29) is 26.5 Å². The van der Waals surface area contributed by atoms with Crippen LogP contribution in [-0.4, -0.2) is 14.4 Å². The molecule has 1 unspecified atom stereocenters. The third-order valence-electron chi connectivity index (χ3n) is 6.14. The van der Waals surface area contributed by atoms with Gasteiger partial charge in [-0.2, -0.15) is 31.6 Å². The summed E-state index contributed by atoms with van der Waals surface area (Å²) in [5, 5.41) is 10.2. The predicted molar refractivity (Wildman–Crippen MR) is 141 cm³/mol. The van der Waals surface area contributed by atoms with Gasteiger partial charge in [-0.15, -0.1) is 11.3 Å². The van der Waals surface area contributed by atoms with Crippen molar-refractivity contribution in [2.75, 3.05) is 0 Å². The normalized spacial score (nSPS) is 12.9. The first-order valence-electron chi connectivity index (χ1n) is 11.9. The van der Waals surface area contributed by atoms with E-state index < -0.39 is 74.9 Å². The van der Waals surface area contributed by atoms with Crippen molar-refractivity contribution >= 4 is 22.5 Å². The van der Waals surface area contributed by atoms with Crippen molar-refractivity contribution < 1.29 is 39.7 Å². The van der Waals surface area contributed by atoms with Gasteiger partial charge in [0, 0.05) is 23.8 Å². The molecule has 2 aromatic heterocycles. The van der Waals surface area contributed by atoms with Gasteiger partial charge in [-0.3, -0.25) is 4.79 Å². The highest BCUT2D eigenvalue weighted by Crippen LogP contribution is 2.40. The van der Waals surface area contributed by atoms with E-state index in [2.05, 4.69) is 0 Å². The molecule has 0 N–H and O–H groups in total. The van der Waals surface area contributed by atoms with Crippen LogP contribution in [0, 0.1) is 23.0 Å². The number of alkyl halides is 6. The molecule has 0 amide bonds. The zero-order valence-electron chi connectivity index (χ0n) is 21.5. The average Bonchev–Trinajstić information content (AvgIpc) is 3.39. The largest absolute Gasteiger partial charge is 0.611 e. The van der Waals surface area contributed by atoms with Gasteiger partial charge in [-0.05, 0) is 65.8 Å². The molecule has 0 saturated heterocycles. The Morgan fingerprint density at radius 3 is 2.24 bits per heavy atom. The summed E-state index contributed by atoms with van der Waals surface area (Å²) in [6, 6.07) is 8.23. The van der Waals surface area contributed by atoms with E-state index >= 15 is 0 Å². The highest BCUT2D eigenvalue weighted by molar-refractivity contribution is 7.92. The van der Waals surface area contributed by atoms with E-state index in [0.717, 1.165) is 35.6 Å². The monoisotopic (exact) mass is 630 g/mol. The number of pyridine rings is 1. The molecule has 220 valence electrons. The molecule has 0 aliphatic heterocycles. The molecule has 0 bridgehead atoms. The number of hydrogen-bond acceptors (Lipinski definition) is 4. The Kier molecular flexibility index (Phi) is 8.59. The fourth-order valence-corrected chi connectivity index (χ4v) is 6.07. The number of benzene rings is 2. The summed E-state index contributed by atoms with van der Waals surface area (Å²) in [7, 11) is 0. The minimum Gasteiger partial charge on any atom is -0.611 e. The van der Waals surface area contributed by atoms with Crippen molar-refractivity contribution in [2.24, 2.45) is 0 Å². The van der Waals surface area contributed by atoms with Crippen LogP contribution in [0.3, 0.4) is 0 Å². The zero-order chi connectivity index (χ0) is 31.1. The van der Waals surface area contributed by atoms with Crippen molar-refractivity contribution in [1.29, 1.82) is 5.26 Å². The Bertz CT molecular complexity index is 1750. The average molecular weight is 631 g/mol. The Morgan fingerprint density at radius 2 is 1.67 bits per heavy atom. The highest BCUT2D eigenvalue weighted by Gasteiger charge is 2.37. The Balaban J connectivity index is 1.94. The number of hydrogen-bond donors (Lipinski definition) is 0. The van der Waals surface area contributed by atoms with Crippen LogP contribution in [-0.2, 0) is 30.1 Å². The number of nitriles is 1. The summed E-state index contributed by atoms with van der Waals surface area (Å²) >= 11 is -1.02. The van der Waals surface area contributed by atoms with Gasteiger partial charge in [0.2, 0.25) is 0 Å². The molecule has 2 heterocycles. The van der Waals surface area contributed by atoms with E-state index in [9.17, 15) is 49.7 Å². The smallest absolute Gasteiger partial charge is 0.417 e. The zero-order valence-corrected chi connectivity index (χ0v) is 23.2. The molecule has 0 aliphatic carbocycles. The summed E-state index contributed by atoms with van der Waals surface area (Å²) in [6.07, 6.45) is -9.92. The van der Waals surface area contributed by atoms with Crippen LogP contribution in [0.25, 0.3) is 21.7 Å². The quantitative estimate of drug-likeness (QED) is 0.160. The van der Waals surface area contributed by atoms with Gasteiger partial charge in [0.1, 0.15) is 28.5 Å². The highest BCUT2D eigenvalue weighted by atomic mass is 32.2. The topological polar surface area (TPSA) is 68.8 Å². The maximum absolute atomic E-state index is 14.5. The number of halogens is 8. The lowest BCUT2D eigenvalue weighted by Crippen LogP contribution is -2.28. The lowest BCUT2D eigenvalue weighted by molar-refractivity contribution is -0.138. The number of aromatic nitrogens is 1. The molecule has 0 aliphatic rings. The Labute approximate surface area is 240 Å². The van der Waals surface area contributed by atoms with Crippen LogP contribution in [0.2, 0.25) is 0 Å². The molecule has 4 rings (SSSR count). The fourth-order valence-electron chi connectivity index (χ4n) is 4.10. The molecule has 2 aromatic carbocycles. The Morgan fingerprint density at radius 1 is 0.976 bits per heavy atom. The van der Waals surface area contributed by atoms with Gasteiger partial charge in [-0.25, -0.2) is 8.78 Å². The molecule has 0 radical (unpaired) electrons. The summed E-state index contributed by atoms with van der Waals surface area (Å²) in [5.74, 6) is -2.02. The molecule has 4 aromatic rings. The van der Waals surface area contributed by atoms with Crippen LogP contribution >= 0.6 is 11.3 Å². The molecular weight excluding hydrogens is 612 g/mol. The van der Waals surface area contributed by atoms with Crippen LogP contribution in [0.1, 0.15) is 36.1 Å². The Hall–Kier alpha value is -3.67. The molecular formula is C28H18F8N2O2S2. The molecule has 4 nitrogen and oxygen atoms in total. The second kappa shape index (κ2) is 11.5. The van der Waals surface area contributed by atoms with E-state index in [0.29, 0.717) is 16.7 Å². The van der Waals surface area contributed by atoms with Gasteiger partial charge >= 0.3 is 12.4 Å². The van der Waals surface area contributed by atoms with E-state index in [1.165, 1.54) is 23.6 Å². The van der Waals surface area contributed by atoms with Crippen molar-refractivity contribution in [1.82, 2.24) is 4.57 Å².